The van der Waals surface area contributed by atoms with Gasteiger partial charge in [-0.15, -0.1) is 0 Å². The van der Waals surface area contributed by atoms with Crippen molar-refractivity contribution in [1.82, 2.24) is 24.9 Å². The number of nitrogens with zero attached hydrogens (tertiary/aromatic N) is 6. The minimum atomic E-state index is -1.18. The number of halogens is 3. The minimum Gasteiger partial charge on any atom is -0.503 e. The van der Waals surface area contributed by atoms with Crippen molar-refractivity contribution in [3.05, 3.63) is 70.7 Å². The van der Waals surface area contributed by atoms with Gasteiger partial charge >= 0.3 is 0 Å². The molecule has 0 spiro atoms. The van der Waals surface area contributed by atoms with Crippen molar-refractivity contribution in [2.24, 2.45) is 22.7 Å². The van der Waals surface area contributed by atoms with Crippen LogP contribution in [0, 0.1) is 40.1 Å². The first kappa shape index (κ1) is 46.0. The van der Waals surface area contributed by atoms with Gasteiger partial charge in [0.1, 0.15) is 23.4 Å². The summed E-state index contributed by atoms with van der Waals surface area (Å²) in [5.41, 5.74) is 1.09. The number of carbonyl (C=O) groups excluding carboxylic acids is 4. The summed E-state index contributed by atoms with van der Waals surface area (Å²) in [6.07, 6.45) is 10.5. The van der Waals surface area contributed by atoms with E-state index in [1.54, 1.807) is 11.0 Å². The third-order valence-electron chi connectivity index (χ3n) is 16.3. The van der Waals surface area contributed by atoms with Gasteiger partial charge in [0.15, 0.2) is 11.6 Å². The quantitative estimate of drug-likeness (QED) is 0.190. The fourth-order valence-corrected chi connectivity index (χ4v) is 12.2. The molecule has 4 amide bonds. The zero-order chi connectivity index (χ0) is 46.7. The molecule has 3 atom stereocenters. The number of allylic oxidation sites excluding steroid dienone is 2. The third-order valence-corrected chi connectivity index (χ3v) is 16.3. The molecule has 13 nitrogen and oxygen atoms in total. The highest BCUT2D eigenvalue weighted by Gasteiger charge is 2.61. The molecule has 6 saturated heterocycles. The number of rotatable bonds is 12. The van der Waals surface area contributed by atoms with Crippen LogP contribution in [0.1, 0.15) is 90.2 Å². The number of likely N-dealkylation sites (tertiary alicyclic amines) is 2. The van der Waals surface area contributed by atoms with E-state index in [1.165, 1.54) is 18.1 Å². The van der Waals surface area contributed by atoms with E-state index in [9.17, 15) is 33.1 Å². The summed E-state index contributed by atoms with van der Waals surface area (Å²) in [7, 11) is 1.49. The average molecular weight is 916 g/mol. The normalized spacial score (nSPS) is 26.9. The highest BCUT2D eigenvalue weighted by atomic mass is 19.1. The average Bonchev–Trinajstić information content (AvgIpc) is 3.57. The first-order valence-electron chi connectivity index (χ1n) is 24.1. The van der Waals surface area contributed by atoms with Crippen LogP contribution in [-0.2, 0) is 19.2 Å². The topological polar surface area (TPSA) is 129 Å². The Morgan fingerprint density at radius 1 is 0.788 bits per heavy atom. The molecule has 6 fully saturated rings. The van der Waals surface area contributed by atoms with Crippen LogP contribution in [-0.4, -0.2) is 133 Å². The summed E-state index contributed by atoms with van der Waals surface area (Å²) in [5, 5.41) is 13.0. The van der Waals surface area contributed by atoms with Crippen LogP contribution in [0.25, 0.3) is 0 Å². The van der Waals surface area contributed by atoms with Crippen molar-refractivity contribution in [2.45, 2.75) is 90.6 Å². The molecule has 1 unspecified atom stereocenters. The van der Waals surface area contributed by atoms with Gasteiger partial charge in [-0.05, 0) is 75.3 Å². The number of piperidine rings is 3. The van der Waals surface area contributed by atoms with Crippen LogP contribution >= 0.6 is 0 Å². The van der Waals surface area contributed by atoms with E-state index >= 15 is 4.39 Å². The number of aromatic hydroxyl groups is 1. The fraction of sp³-hybridized carbons (Fsp3) is 0.600. The number of phenols is 1. The number of nitrogens with one attached hydrogen (secondary N) is 1. The number of amides is 4. The van der Waals surface area contributed by atoms with E-state index in [-0.39, 0.29) is 35.2 Å². The minimum absolute atomic E-state index is 0.0848. The van der Waals surface area contributed by atoms with Crippen LogP contribution in [0.5, 0.6) is 11.5 Å². The Bertz CT molecular complexity index is 2310. The molecule has 9 rings (SSSR count). The van der Waals surface area contributed by atoms with E-state index in [1.807, 2.05) is 13.8 Å². The number of methoxy groups -OCH3 is 1. The second-order valence-corrected chi connectivity index (χ2v) is 20.1. The fourth-order valence-electron chi connectivity index (χ4n) is 12.2. The molecule has 2 aromatic rings. The van der Waals surface area contributed by atoms with Crippen LogP contribution in [0.15, 0.2) is 47.7 Å². The van der Waals surface area contributed by atoms with E-state index < -0.39 is 46.6 Å². The van der Waals surface area contributed by atoms with E-state index in [0.29, 0.717) is 73.8 Å². The van der Waals surface area contributed by atoms with Gasteiger partial charge in [-0.25, -0.2) is 13.2 Å². The van der Waals surface area contributed by atoms with Gasteiger partial charge in [0.2, 0.25) is 17.7 Å². The highest BCUT2D eigenvalue weighted by molar-refractivity contribution is 6.07. The molecule has 2 aromatic carbocycles. The maximum atomic E-state index is 16.3. The van der Waals surface area contributed by atoms with Gasteiger partial charge < -0.3 is 34.3 Å². The predicted molar refractivity (Wildman–Crippen MR) is 243 cm³/mol. The largest absolute Gasteiger partial charge is 0.503 e. The van der Waals surface area contributed by atoms with Crippen molar-refractivity contribution >= 4 is 35.0 Å². The van der Waals surface area contributed by atoms with Crippen LogP contribution in [0.2, 0.25) is 0 Å². The van der Waals surface area contributed by atoms with Crippen molar-refractivity contribution in [2.75, 3.05) is 88.9 Å². The van der Waals surface area contributed by atoms with Crippen LogP contribution in [0.4, 0.5) is 24.5 Å². The zero-order valence-electron chi connectivity index (χ0n) is 38.7. The molecule has 0 saturated carbocycles. The van der Waals surface area contributed by atoms with Crippen molar-refractivity contribution in [3.63, 3.8) is 0 Å². The van der Waals surface area contributed by atoms with Crippen molar-refractivity contribution in [1.29, 1.82) is 0 Å². The molecule has 356 valence electrons. The lowest BCUT2D eigenvalue weighted by molar-refractivity contribution is -0.142. The molecular weight excluding hydrogens is 852 g/mol. The summed E-state index contributed by atoms with van der Waals surface area (Å²) in [6, 6.07) is 3.15. The zero-order valence-corrected chi connectivity index (χ0v) is 38.7. The lowest BCUT2D eigenvalue weighted by Gasteiger charge is -2.56. The van der Waals surface area contributed by atoms with Gasteiger partial charge in [0.25, 0.3) is 5.91 Å². The monoisotopic (exact) mass is 915 g/mol. The number of benzene rings is 2. The molecule has 2 N–H and O–H groups in total. The first-order valence-corrected chi connectivity index (χ1v) is 24.1. The molecule has 7 aliphatic rings. The molecule has 0 bridgehead atoms. The number of ether oxygens (including phenoxy) is 1. The van der Waals surface area contributed by atoms with Crippen molar-refractivity contribution in [3.8, 4) is 11.5 Å². The third kappa shape index (κ3) is 8.23. The Hall–Kier alpha value is -5.09. The smallest absolute Gasteiger partial charge is 0.251 e. The van der Waals surface area contributed by atoms with Gasteiger partial charge in [-0.3, -0.25) is 29.4 Å². The van der Waals surface area contributed by atoms with E-state index in [2.05, 4.69) is 44.0 Å². The van der Waals surface area contributed by atoms with Crippen LogP contribution in [0.3, 0.4) is 0 Å². The summed E-state index contributed by atoms with van der Waals surface area (Å²) < 4.78 is 51.0. The second-order valence-electron chi connectivity index (χ2n) is 20.1. The van der Waals surface area contributed by atoms with Gasteiger partial charge in [0, 0.05) is 119 Å². The second kappa shape index (κ2) is 18.2. The lowest BCUT2D eigenvalue weighted by Crippen LogP contribution is -2.63. The number of imide groups is 1. The standard InChI is InChI=1S/C50H64F3N7O6/c1-5-50(6-2)45(60(48(50)65)41-24-33(51)23-38(53)44(41)62)35-26-37(52)40(27-42(35)66-4)58-17-12-32(13-18-58)29-56-21-19-55(20-22-56)28-31-10-15-57(16-11-31)34-9-14-49(3)30-59(47(64)36(49)25-34)39-7-8-43(61)54-46(39)63/h9,23-27,31-32,39,45,62H,5-8,10-22,28-30H2,1-4H3,(H,54,61,63)/t39-,45-,49?/m0/s1. The SMILES string of the molecule is CCC1(CC)C(=O)N(c2cc(F)cc(F)c2O)[C@H]1c1cc(F)c(N2CCC(CN3CCN(CC4CCN(C5=CCC6(C)CN([C@H]7CCC(=O)NC7=O)C(=O)C6=C5)CC4)CC3)CC2)cc1OC. The van der Waals surface area contributed by atoms with E-state index in [4.69, 9.17) is 4.74 Å². The molecule has 6 heterocycles. The summed E-state index contributed by atoms with van der Waals surface area (Å²) in [6.45, 7) is 15.8. The van der Waals surface area contributed by atoms with Gasteiger partial charge in [-0.1, -0.05) is 26.8 Å². The maximum Gasteiger partial charge on any atom is 0.251 e. The summed E-state index contributed by atoms with van der Waals surface area (Å²) >= 11 is 0. The summed E-state index contributed by atoms with van der Waals surface area (Å²) in [4.78, 5) is 64.2. The Morgan fingerprint density at radius 3 is 2.00 bits per heavy atom. The maximum absolute atomic E-state index is 16.3. The van der Waals surface area contributed by atoms with Crippen molar-refractivity contribution < 1.29 is 42.2 Å². The molecule has 0 radical (unpaired) electrons. The number of carbonyl (C=O) groups is 4. The molecular formula is C50H64F3N7O6. The lowest BCUT2D eigenvalue weighted by atomic mass is 9.64. The van der Waals surface area contributed by atoms with E-state index in [0.717, 1.165) is 102 Å². The number of piperazine rings is 1. The molecule has 1 aliphatic carbocycles. The highest BCUT2D eigenvalue weighted by Crippen LogP contribution is 2.59. The number of fused-ring (bicyclic) bond motifs is 1. The number of β-lactam (4-membered cyclic amide) rings is 1. The molecule has 66 heavy (non-hydrogen) atoms. The number of hydrogen-bond donors (Lipinski definition) is 2. The Morgan fingerprint density at radius 2 is 1.41 bits per heavy atom. The number of anilines is 2. The van der Waals surface area contributed by atoms with Gasteiger partial charge in [0.05, 0.1) is 29.9 Å². The molecule has 0 aromatic heterocycles. The Labute approximate surface area is 385 Å². The summed E-state index contributed by atoms with van der Waals surface area (Å²) in [5.74, 6) is -3.05. The van der Waals surface area contributed by atoms with Crippen LogP contribution < -0.4 is 19.9 Å². The number of hydrogen-bond acceptors (Lipinski definition) is 10. The predicted octanol–water partition coefficient (Wildman–Crippen LogP) is 6.13. The molecule has 6 aliphatic heterocycles. The number of phenolic OH excluding ortho intramolecular Hbond substituents is 1. The first-order chi connectivity index (χ1) is 31.7. The Kier molecular flexibility index (Phi) is 12.7. The Balaban J connectivity index is 0.743. The van der Waals surface area contributed by atoms with Gasteiger partial charge in [-0.2, -0.15) is 0 Å². The molecule has 16 heteroatoms.